The number of ether oxygens (including phenoxy) is 1. The van der Waals surface area contributed by atoms with Crippen molar-refractivity contribution in [3.05, 3.63) is 94.8 Å². The molecular formula is C31H35FN4O2. The lowest BCUT2D eigenvalue weighted by Gasteiger charge is -2.36. The summed E-state index contributed by atoms with van der Waals surface area (Å²) < 4.78 is 19.9. The van der Waals surface area contributed by atoms with Crippen LogP contribution in [0.4, 0.5) is 10.1 Å². The smallest absolute Gasteiger partial charge is 0.257 e. The first-order chi connectivity index (χ1) is 18.4. The first-order valence-corrected chi connectivity index (χ1v) is 13.3. The van der Waals surface area contributed by atoms with Crippen LogP contribution in [0, 0.1) is 19.7 Å². The number of anilines is 1. The highest BCUT2D eigenvalue weighted by Gasteiger charge is 2.34. The van der Waals surface area contributed by atoms with E-state index in [1.165, 1.54) is 11.6 Å². The summed E-state index contributed by atoms with van der Waals surface area (Å²) in [6.07, 6.45) is 0.658. The molecule has 5 rings (SSSR count). The third-order valence-corrected chi connectivity index (χ3v) is 7.37. The molecule has 38 heavy (non-hydrogen) atoms. The Morgan fingerprint density at radius 2 is 1.74 bits per heavy atom. The number of halogens is 1. The number of nitrogens with zero attached hydrogens (tertiary/aromatic N) is 4. The maximum Gasteiger partial charge on any atom is 0.257 e. The van der Waals surface area contributed by atoms with Crippen molar-refractivity contribution in [2.24, 2.45) is 5.10 Å². The van der Waals surface area contributed by atoms with E-state index in [1.807, 2.05) is 48.2 Å². The number of amides is 1. The maximum absolute atomic E-state index is 14.2. The summed E-state index contributed by atoms with van der Waals surface area (Å²) in [7, 11) is 0. The molecule has 0 aliphatic carbocycles. The van der Waals surface area contributed by atoms with Crippen LogP contribution >= 0.6 is 0 Å². The number of rotatable bonds is 7. The average molecular weight is 515 g/mol. The van der Waals surface area contributed by atoms with E-state index in [2.05, 4.69) is 36.9 Å². The lowest BCUT2D eigenvalue weighted by molar-refractivity contribution is -0.134. The standard InChI is InChI=1S/C31H35FN4O2/c1-4-38-25-13-11-24(12-14-25)30-20-28(26-19-22(2)9-10-23(26)3)33-36(30)31(37)21-34-15-17-35(18-16-34)29-8-6-5-7-27(29)32/h5-14,19,30H,4,15-18,20-21H2,1-3H3/t30-/m1/s1. The Bertz CT molecular complexity index is 1320. The quantitative estimate of drug-likeness (QED) is 0.427. The topological polar surface area (TPSA) is 48.4 Å². The van der Waals surface area contributed by atoms with Crippen LogP contribution in [-0.2, 0) is 4.79 Å². The summed E-state index contributed by atoms with van der Waals surface area (Å²) >= 11 is 0. The fraction of sp³-hybridized carbons (Fsp3) is 0.355. The molecule has 0 spiro atoms. The minimum atomic E-state index is -0.208. The van der Waals surface area contributed by atoms with E-state index >= 15 is 0 Å². The zero-order valence-corrected chi connectivity index (χ0v) is 22.4. The highest BCUT2D eigenvalue weighted by Crippen LogP contribution is 2.34. The van der Waals surface area contributed by atoms with Gasteiger partial charge in [0.05, 0.1) is 30.6 Å². The second-order valence-corrected chi connectivity index (χ2v) is 10.0. The summed E-state index contributed by atoms with van der Waals surface area (Å²) in [6.45, 7) is 9.74. The Hall–Kier alpha value is -3.71. The first kappa shape index (κ1) is 25.9. The molecule has 1 atom stereocenters. The zero-order valence-electron chi connectivity index (χ0n) is 22.4. The molecular weight excluding hydrogens is 479 g/mol. The van der Waals surface area contributed by atoms with E-state index in [-0.39, 0.29) is 24.3 Å². The van der Waals surface area contributed by atoms with Gasteiger partial charge < -0.3 is 9.64 Å². The molecule has 2 heterocycles. The van der Waals surface area contributed by atoms with E-state index in [4.69, 9.17) is 9.84 Å². The number of aryl methyl sites for hydroxylation is 2. The number of hydrogen-bond donors (Lipinski definition) is 0. The minimum Gasteiger partial charge on any atom is -0.494 e. The lowest BCUT2D eigenvalue weighted by Crippen LogP contribution is -2.49. The van der Waals surface area contributed by atoms with Crippen molar-refractivity contribution in [2.75, 3.05) is 44.2 Å². The van der Waals surface area contributed by atoms with Gasteiger partial charge in [-0.2, -0.15) is 5.10 Å². The van der Waals surface area contributed by atoms with E-state index < -0.39 is 0 Å². The molecule has 2 aliphatic rings. The Balaban J connectivity index is 1.33. The van der Waals surface area contributed by atoms with Crippen LogP contribution in [0.25, 0.3) is 0 Å². The molecule has 2 aliphatic heterocycles. The SMILES string of the molecule is CCOc1ccc([C@H]2CC(c3cc(C)ccc3C)=NN2C(=O)CN2CCN(c3ccccc3F)CC2)cc1. The van der Waals surface area contributed by atoms with Crippen LogP contribution in [0.15, 0.2) is 71.8 Å². The predicted octanol–water partition coefficient (Wildman–Crippen LogP) is 5.34. The number of hydrogen-bond acceptors (Lipinski definition) is 5. The maximum atomic E-state index is 14.2. The summed E-state index contributed by atoms with van der Waals surface area (Å²) in [6, 6.07) is 21.0. The molecule has 1 amide bonds. The lowest BCUT2D eigenvalue weighted by atomic mass is 9.95. The molecule has 0 aromatic heterocycles. The Morgan fingerprint density at radius 3 is 2.45 bits per heavy atom. The highest BCUT2D eigenvalue weighted by molar-refractivity contribution is 6.04. The van der Waals surface area contributed by atoms with Gasteiger partial charge in [0, 0.05) is 38.2 Å². The van der Waals surface area contributed by atoms with Gasteiger partial charge in [0.25, 0.3) is 5.91 Å². The molecule has 1 saturated heterocycles. The van der Waals surface area contributed by atoms with Gasteiger partial charge in [-0.05, 0) is 62.2 Å². The van der Waals surface area contributed by atoms with Gasteiger partial charge >= 0.3 is 0 Å². The molecule has 0 radical (unpaired) electrons. The van der Waals surface area contributed by atoms with E-state index in [1.54, 1.807) is 11.1 Å². The molecule has 0 bridgehead atoms. The molecule has 0 N–H and O–H groups in total. The zero-order chi connectivity index (χ0) is 26.6. The van der Waals surface area contributed by atoms with Crippen molar-refractivity contribution in [3.63, 3.8) is 0 Å². The van der Waals surface area contributed by atoms with Crippen LogP contribution < -0.4 is 9.64 Å². The van der Waals surface area contributed by atoms with E-state index in [0.717, 1.165) is 28.2 Å². The number of benzene rings is 3. The van der Waals surface area contributed by atoms with Crippen molar-refractivity contribution < 1.29 is 13.9 Å². The Labute approximate surface area is 224 Å². The van der Waals surface area contributed by atoms with Gasteiger partial charge in [0.2, 0.25) is 0 Å². The van der Waals surface area contributed by atoms with E-state index in [9.17, 15) is 9.18 Å². The number of piperazine rings is 1. The van der Waals surface area contributed by atoms with Crippen LogP contribution in [0.3, 0.4) is 0 Å². The normalized spacial score (nSPS) is 18.0. The number of hydrazone groups is 1. The summed E-state index contributed by atoms with van der Waals surface area (Å²) in [4.78, 5) is 17.9. The van der Waals surface area contributed by atoms with E-state index in [0.29, 0.717) is 44.9 Å². The largest absolute Gasteiger partial charge is 0.494 e. The van der Waals surface area contributed by atoms with Crippen LogP contribution in [0.1, 0.15) is 41.6 Å². The van der Waals surface area contributed by atoms with Crippen molar-refractivity contribution in [2.45, 2.75) is 33.2 Å². The van der Waals surface area contributed by atoms with Gasteiger partial charge in [-0.1, -0.05) is 42.0 Å². The Morgan fingerprint density at radius 1 is 1.00 bits per heavy atom. The van der Waals surface area contributed by atoms with Crippen molar-refractivity contribution in [1.82, 2.24) is 9.91 Å². The molecule has 0 unspecified atom stereocenters. The van der Waals surface area contributed by atoms with Crippen molar-refractivity contribution >= 4 is 17.3 Å². The monoisotopic (exact) mass is 514 g/mol. The Kier molecular flexibility index (Phi) is 7.74. The molecule has 1 fully saturated rings. The van der Waals surface area contributed by atoms with Crippen LogP contribution in [-0.4, -0.2) is 60.9 Å². The molecule has 6 nitrogen and oxygen atoms in total. The van der Waals surface area contributed by atoms with Crippen LogP contribution in [0.5, 0.6) is 5.75 Å². The summed E-state index contributed by atoms with van der Waals surface area (Å²) in [5, 5.41) is 6.58. The molecule has 3 aromatic carbocycles. The molecule has 3 aromatic rings. The van der Waals surface area contributed by atoms with Crippen molar-refractivity contribution in [1.29, 1.82) is 0 Å². The second kappa shape index (κ2) is 11.4. The first-order valence-electron chi connectivity index (χ1n) is 13.3. The third kappa shape index (κ3) is 5.58. The van der Waals surface area contributed by atoms with Crippen molar-refractivity contribution in [3.8, 4) is 5.75 Å². The molecule has 198 valence electrons. The fourth-order valence-electron chi connectivity index (χ4n) is 5.28. The second-order valence-electron chi connectivity index (χ2n) is 10.0. The van der Waals surface area contributed by atoms with Gasteiger partial charge in [-0.3, -0.25) is 9.69 Å². The molecule has 7 heteroatoms. The number of carbonyl (C=O) groups excluding carboxylic acids is 1. The van der Waals surface area contributed by atoms with Gasteiger partial charge in [-0.25, -0.2) is 9.40 Å². The van der Waals surface area contributed by atoms with Crippen LogP contribution in [0.2, 0.25) is 0 Å². The fourth-order valence-corrected chi connectivity index (χ4v) is 5.28. The predicted molar refractivity (Wildman–Crippen MR) is 149 cm³/mol. The highest BCUT2D eigenvalue weighted by atomic mass is 19.1. The summed E-state index contributed by atoms with van der Waals surface area (Å²) in [5.41, 5.74) is 6.01. The minimum absolute atomic E-state index is 0.0245. The number of para-hydroxylation sites is 1. The third-order valence-electron chi connectivity index (χ3n) is 7.37. The van der Waals surface area contributed by atoms with Gasteiger partial charge in [0.15, 0.2) is 0 Å². The summed E-state index contributed by atoms with van der Waals surface area (Å²) in [5.74, 6) is 0.583. The van der Waals surface area contributed by atoms with Gasteiger partial charge in [0.1, 0.15) is 11.6 Å². The molecule has 0 saturated carbocycles. The number of carbonyl (C=O) groups is 1. The average Bonchev–Trinajstić information content (AvgIpc) is 3.37. The van der Waals surface area contributed by atoms with Gasteiger partial charge in [-0.15, -0.1) is 0 Å².